The molecule has 4 nitrogen and oxygen atoms in total. The van der Waals surface area contributed by atoms with Gasteiger partial charge in [-0.25, -0.2) is 0 Å². The molecule has 2 rings (SSSR count). The van der Waals surface area contributed by atoms with E-state index >= 15 is 0 Å². The van der Waals surface area contributed by atoms with Crippen LogP contribution in [-0.2, 0) is 9.53 Å². The monoisotopic (exact) mass is 328 g/mol. The highest BCUT2D eigenvalue weighted by Gasteiger charge is 2.27. The highest BCUT2D eigenvalue weighted by molar-refractivity contribution is 7.80. The Morgan fingerprint density at radius 3 is 2.00 bits per heavy atom. The van der Waals surface area contributed by atoms with Gasteiger partial charge in [0, 0.05) is 37.5 Å². The third-order valence-corrected chi connectivity index (χ3v) is 5.27. The number of ether oxygens (including phenoxy) is 1. The third-order valence-electron chi connectivity index (χ3n) is 4.95. The lowest BCUT2D eigenvalue weighted by atomic mass is 10.0. The first kappa shape index (κ1) is 18.2. The second-order valence-electron chi connectivity index (χ2n) is 7.10. The Balaban J connectivity index is 1.65. The number of Topliss-reactive ketones (excluding diaryl/α,β-unsaturated/α-hetero) is 1. The number of ketones is 1. The molecule has 5 heteroatoms. The van der Waals surface area contributed by atoms with Crippen LogP contribution in [0.25, 0.3) is 0 Å². The molecule has 128 valence electrons. The SMILES string of the molecule is CC(C)C(=O)CN1CCC(OC2CCN(C(C)S)CC2)CC1. The Morgan fingerprint density at radius 1 is 1.05 bits per heavy atom. The van der Waals surface area contributed by atoms with E-state index in [-0.39, 0.29) is 5.92 Å². The van der Waals surface area contributed by atoms with E-state index in [9.17, 15) is 4.79 Å². The summed E-state index contributed by atoms with van der Waals surface area (Å²) in [5.74, 6) is 0.501. The fourth-order valence-corrected chi connectivity index (χ4v) is 3.50. The highest BCUT2D eigenvalue weighted by atomic mass is 32.1. The number of nitrogens with zero attached hydrogens (tertiary/aromatic N) is 2. The van der Waals surface area contributed by atoms with E-state index in [1.165, 1.54) is 0 Å². The molecule has 1 atom stereocenters. The van der Waals surface area contributed by atoms with Crippen LogP contribution in [0.5, 0.6) is 0 Å². The molecule has 0 aromatic carbocycles. The van der Waals surface area contributed by atoms with E-state index < -0.39 is 0 Å². The Labute approximate surface area is 141 Å². The number of hydrogen-bond donors (Lipinski definition) is 1. The molecule has 2 saturated heterocycles. The highest BCUT2D eigenvalue weighted by Crippen LogP contribution is 2.22. The fraction of sp³-hybridized carbons (Fsp3) is 0.941. The Kier molecular flexibility index (Phi) is 7.19. The molecule has 22 heavy (non-hydrogen) atoms. The minimum atomic E-state index is 0.147. The van der Waals surface area contributed by atoms with E-state index in [1.54, 1.807) is 0 Å². The maximum Gasteiger partial charge on any atom is 0.149 e. The number of thiol groups is 1. The summed E-state index contributed by atoms with van der Waals surface area (Å²) < 4.78 is 6.30. The van der Waals surface area contributed by atoms with Gasteiger partial charge in [-0.3, -0.25) is 14.6 Å². The number of piperidine rings is 2. The third kappa shape index (κ3) is 5.52. The molecule has 0 aromatic heterocycles. The van der Waals surface area contributed by atoms with E-state index in [0.717, 1.165) is 51.9 Å². The van der Waals surface area contributed by atoms with Crippen LogP contribution in [0.3, 0.4) is 0 Å². The van der Waals surface area contributed by atoms with Crippen LogP contribution in [0.15, 0.2) is 0 Å². The second kappa shape index (κ2) is 8.67. The van der Waals surface area contributed by atoms with Gasteiger partial charge in [0.05, 0.1) is 18.8 Å². The van der Waals surface area contributed by atoms with Crippen LogP contribution in [0, 0.1) is 5.92 Å². The molecule has 2 aliphatic heterocycles. The van der Waals surface area contributed by atoms with Crippen LogP contribution in [0.2, 0.25) is 0 Å². The van der Waals surface area contributed by atoms with Crippen molar-refractivity contribution in [3.63, 3.8) is 0 Å². The average Bonchev–Trinajstić information content (AvgIpc) is 2.49. The van der Waals surface area contributed by atoms with E-state index in [1.807, 2.05) is 13.8 Å². The smallest absolute Gasteiger partial charge is 0.149 e. The molecule has 2 heterocycles. The van der Waals surface area contributed by atoms with Crippen molar-refractivity contribution in [3.05, 3.63) is 0 Å². The van der Waals surface area contributed by atoms with Crippen molar-refractivity contribution < 1.29 is 9.53 Å². The van der Waals surface area contributed by atoms with Crippen LogP contribution >= 0.6 is 12.6 Å². The predicted octanol–water partition coefficient (Wildman–Crippen LogP) is 2.43. The van der Waals surface area contributed by atoms with E-state index in [4.69, 9.17) is 4.74 Å². The van der Waals surface area contributed by atoms with Gasteiger partial charge in [-0.1, -0.05) is 13.8 Å². The molecule has 2 aliphatic rings. The van der Waals surface area contributed by atoms with Crippen molar-refractivity contribution in [2.45, 2.75) is 64.0 Å². The van der Waals surface area contributed by atoms with Crippen LogP contribution < -0.4 is 0 Å². The molecular formula is C17H32N2O2S. The van der Waals surface area contributed by atoms with Gasteiger partial charge in [0.1, 0.15) is 5.78 Å². The average molecular weight is 329 g/mol. The summed E-state index contributed by atoms with van der Waals surface area (Å²) in [5.41, 5.74) is 0. The lowest BCUT2D eigenvalue weighted by Gasteiger charge is -2.38. The zero-order valence-electron chi connectivity index (χ0n) is 14.3. The predicted molar refractivity (Wildman–Crippen MR) is 93.4 cm³/mol. The van der Waals surface area contributed by atoms with Gasteiger partial charge < -0.3 is 4.74 Å². The quantitative estimate of drug-likeness (QED) is 0.759. The molecule has 0 amide bonds. The molecular weight excluding hydrogens is 296 g/mol. The summed E-state index contributed by atoms with van der Waals surface area (Å²) in [6.45, 7) is 10.9. The van der Waals surface area contributed by atoms with Crippen LogP contribution in [-0.4, -0.2) is 65.9 Å². The molecule has 0 bridgehead atoms. The van der Waals surface area contributed by atoms with Gasteiger partial charge in [0.2, 0.25) is 0 Å². The van der Waals surface area contributed by atoms with Crippen molar-refractivity contribution in [1.29, 1.82) is 0 Å². The number of carbonyl (C=O) groups excluding carboxylic acids is 1. The van der Waals surface area contributed by atoms with Gasteiger partial charge in [-0.05, 0) is 32.6 Å². The molecule has 0 aliphatic carbocycles. The summed E-state index contributed by atoms with van der Waals surface area (Å²) in [6.07, 6.45) is 5.17. The standard InChI is InChI=1S/C17H32N2O2S/c1-13(2)17(20)12-18-8-4-15(5-9-18)21-16-6-10-19(11-7-16)14(3)22/h13-16,22H,4-12H2,1-3H3. The first-order valence-electron chi connectivity index (χ1n) is 8.78. The van der Waals surface area contributed by atoms with E-state index in [0.29, 0.717) is 29.9 Å². The minimum absolute atomic E-state index is 0.147. The summed E-state index contributed by atoms with van der Waals surface area (Å²) in [5, 5.41) is 0.350. The number of carbonyl (C=O) groups is 1. The second-order valence-corrected chi connectivity index (χ2v) is 7.85. The van der Waals surface area contributed by atoms with Crippen molar-refractivity contribution in [2.24, 2.45) is 5.92 Å². The lowest BCUT2D eigenvalue weighted by molar-refractivity contribution is -0.124. The van der Waals surface area contributed by atoms with Crippen molar-refractivity contribution in [3.8, 4) is 0 Å². The van der Waals surface area contributed by atoms with Crippen LogP contribution in [0.1, 0.15) is 46.5 Å². The Morgan fingerprint density at radius 2 is 1.55 bits per heavy atom. The Hall–Kier alpha value is -0.100. The first-order valence-corrected chi connectivity index (χ1v) is 9.30. The zero-order valence-corrected chi connectivity index (χ0v) is 15.2. The number of rotatable bonds is 6. The number of hydrogen-bond acceptors (Lipinski definition) is 5. The van der Waals surface area contributed by atoms with Crippen molar-refractivity contribution in [2.75, 3.05) is 32.7 Å². The molecule has 0 N–H and O–H groups in total. The Bertz CT molecular complexity index is 347. The van der Waals surface area contributed by atoms with Crippen LogP contribution in [0.4, 0.5) is 0 Å². The summed E-state index contributed by atoms with van der Waals surface area (Å²) in [4.78, 5) is 16.5. The molecule has 0 spiro atoms. The molecule has 0 aromatic rings. The maximum absolute atomic E-state index is 11.8. The zero-order chi connectivity index (χ0) is 16.1. The summed E-state index contributed by atoms with van der Waals surface area (Å²) in [6, 6.07) is 0. The van der Waals surface area contributed by atoms with Gasteiger partial charge >= 0.3 is 0 Å². The largest absolute Gasteiger partial charge is 0.375 e. The molecule has 0 saturated carbocycles. The van der Waals surface area contributed by atoms with E-state index in [2.05, 4.69) is 29.4 Å². The minimum Gasteiger partial charge on any atom is -0.375 e. The molecule has 0 radical (unpaired) electrons. The maximum atomic E-state index is 11.8. The topological polar surface area (TPSA) is 32.8 Å². The van der Waals surface area contributed by atoms with Crippen molar-refractivity contribution >= 4 is 18.4 Å². The van der Waals surface area contributed by atoms with Gasteiger partial charge in [0.15, 0.2) is 0 Å². The molecule has 2 fully saturated rings. The molecule has 1 unspecified atom stereocenters. The number of likely N-dealkylation sites (tertiary alicyclic amines) is 2. The first-order chi connectivity index (χ1) is 10.5. The summed E-state index contributed by atoms with van der Waals surface area (Å²) in [7, 11) is 0. The normalized spacial score (nSPS) is 24.8. The van der Waals surface area contributed by atoms with Gasteiger partial charge in [0.25, 0.3) is 0 Å². The summed E-state index contributed by atoms with van der Waals surface area (Å²) >= 11 is 4.50. The fourth-order valence-electron chi connectivity index (χ4n) is 3.26. The van der Waals surface area contributed by atoms with Gasteiger partial charge in [-0.15, -0.1) is 0 Å². The van der Waals surface area contributed by atoms with Crippen molar-refractivity contribution in [1.82, 2.24) is 9.80 Å². The van der Waals surface area contributed by atoms with Gasteiger partial charge in [-0.2, -0.15) is 12.6 Å². The lowest BCUT2D eigenvalue weighted by Crippen LogP contribution is -2.44.